The number of carbonyl (C=O) groups excluding carboxylic acids is 1. The number of likely N-dealkylation sites (tertiary alicyclic amines) is 1. The predicted octanol–water partition coefficient (Wildman–Crippen LogP) is 2.99. The van der Waals surface area contributed by atoms with Crippen molar-refractivity contribution >= 4 is 21.8 Å². The van der Waals surface area contributed by atoms with Crippen LogP contribution in [0.1, 0.15) is 38.8 Å². The van der Waals surface area contributed by atoms with Crippen LogP contribution in [-0.2, 0) is 4.79 Å². The number of halogens is 2. The molecule has 2 N–H and O–H groups in total. The molecule has 2 unspecified atom stereocenters. The van der Waals surface area contributed by atoms with Crippen LogP contribution in [0.4, 0.5) is 4.39 Å². The maximum Gasteiger partial charge on any atom is 0.225 e. The number of hydrogen-bond acceptors (Lipinski definition) is 2. The van der Waals surface area contributed by atoms with Crippen LogP contribution in [0.25, 0.3) is 0 Å². The average molecular weight is 329 g/mol. The van der Waals surface area contributed by atoms with E-state index >= 15 is 0 Å². The zero-order valence-corrected chi connectivity index (χ0v) is 12.9. The van der Waals surface area contributed by atoms with Gasteiger partial charge in [0.25, 0.3) is 0 Å². The minimum Gasteiger partial charge on any atom is -0.329 e. The van der Waals surface area contributed by atoms with Crippen LogP contribution in [0, 0.1) is 5.82 Å². The lowest BCUT2D eigenvalue weighted by atomic mass is 9.97. The topological polar surface area (TPSA) is 46.3 Å². The summed E-state index contributed by atoms with van der Waals surface area (Å²) in [5, 5.41) is 0. The molecule has 5 heteroatoms. The predicted molar refractivity (Wildman–Crippen MR) is 76.0 cm³/mol. The van der Waals surface area contributed by atoms with Crippen molar-refractivity contribution in [1.29, 1.82) is 0 Å². The number of amides is 1. The summed E-state index contributed by atoms with van der Waals surface area (Å²) in [7, 11) is 0. The molecule has 2 atom stereocenters. The molecule has 1 aromatic rings. The van der Waals surface area contributed by atoms with Gasteiger partial charge in [0.05, 0.1) is 6.04 Å². The van der Waals surface area contributed by atoms with Gasteiger partial charge in [0.1, 0.15) is 5.82 Å². The van der Waals surface area contributed by atoms with Crippen LogP contribution >= 0.6 is 15.9 Å². The average Bonchev–Trinajstić information content (AvgIpc) is 2.56. The molecule has 1 saturated heterocycles. The third-order valence-electron chi connectivity index (χ3n) is 3.36. The van der Waals surface area contributed by atoms with Crippen molar-refractivity contribution in [2.75, 3.05) is 0 Å². The molecule has 104 valence electrons. The molecule has 0 bridgehead atoms. The zero-order valence-electron chi connectivity index (χ0n) is 11.3. The van der Waals surface area contributed by atoms with Crippen LogP contribution in [0.3, 0.4) is 0 Å². The van der Waals surface area contributed by atoms with Gasteiger partial charge in [-0.3, -0.25) is 4.79 Å². The summed E-state index contributed by atoms with van der Waals surface area (Å²) in [6, 6.07) is 3.88. The molecule has 0 aliphatic carbocycles. The normalized spacial score (nSPS) is 24.1. The van der Waals surface area contributed by atoms with Gasteiger partial charge in [-0.1, -0.05) is 15.9 Å². The second-order valence-electron chi connectivity index (χ2n) is 5.91. The molecule has 0 aromatic heterocycles. The van der Waals surface area contributed by atoms with E-state index in [-0.39, 0.29) is 29.3 Å². The highest BCUT2D eigenvalue weighted by Crippen LogP contribution is 2.40. The van der Waals surface area contributed by atoms with Gasteiger partial charge >= 0.3 is 0 Å². The number of rotatable bonds is 1. The number of hydrogen-bond donors (Lipinski definition) is 1. The number of benzene rings is 1. The fourth-order valence-corrected chi connectivity index (χ4v) is 3.14. The first kappa shape index (κ1) is 14.5. The van der Waals surface area contributed by atoms with E-state index in [9.17, 15) is 9.18 Å². The first-order chi connectivity index (χ1) is 8.71. The third kappa shape index (κ3) is 2.67. The molecular weight excluding hydrogens is 311 g/mol. The van der Waals surface area contributed by atoms with Crippen molar-refractivity contribution in [3.63, 3.8) is 0 Å². The maximum atomic E-state index is 13.5. The highest BCUT2D eigenvalue weighted by atomic mass is 79.9. The Hall–Kier alpha value is -0.940. The molecule has 1 heterocycles. The molecule has 1 aromatic carbocycles. The first-order valence-corrected chi connectivity index (χ1v) is 7.04. The number of nitrogens with two attached hydrogens (primary N) is 1. The van der Waals surface area contributed by atoms with Gasteiger partial charge < -0.3 is 10.6 Å². The van der Waals surface area contributed by atoms with Gasteiger partial charge in [0.15, 0.2) is 0 Å². The molecule has 1 aliphatic heterocycles. The van der Waals surface area contributed by atoms with Gasteiger partial charge in [-0.2, -0.15) is 0 Å². The number of carbonyl (C=O) groups is 1. The largest absolute Gasteiger partial charge is 0.329 e. The Morgan fingerprint density at radius 1 is 1.42 bits per heavy atom. The molecule has 0 saturated carbocycles. The Morgan fingerprint density at radius 2 is 2.05 bits per heavy atom. The molecule has 2 rings (SSSR count). The van der Waals surface area contributed by atoms with Crippen molar-refractivity contribution in [2.45, 2.75) is 44.8 Å². The van der Waals surface area contributed by atoms with Gasteiger partial charge in [-0.25, -0.2) is 4.39 Å². The number of nitrogens with zero attached hydrogens (tertiary/aromatic N) is 1. The third-order valence-corrected chi connectivity index (χ3v) is 4.08. The minimum absolute atomic E-state index is 0.0150. The monoisotopic (exact) mass is 328 g/mol. The van der Waals surface area contributed by atoms with Gasteiger partial charge in [0, 0.05) is 22.5 Å². The molecule has 1 amide bonds. The summed E-state index contributed by atoms with van der Waals surface area (Å²) < 4.78 is 14.3. The molecule has 19 heavy (non-hydrogen) atoms. The highest BCUT2D eigenvalue weighted by molar-refractivity contribution is 9.10. The second kappa shape index (κ2) is 4.87. The van der Waals surface area contributed by atoms with E-state index in [2.05, 4.69) is 15.9 Å². The molecule has 1 aliphatic rings. The van der Waals surface area contributed by atoms with Crippen LogP contribution < -0.4 is 5.73 Å². The van der Waals surface area contributed by atoms with Crippen LogP contribution in [0.5, 0.6) is 0 Å². The maximum absolute atomic E-state index is 13.5. The van der Waals surface area contributed by atoms with Gasteiger partial charge in [0.2, 0.25) is 5.91 Å². The fourth-order valence-electron chi connectivity index (χ4n) is 2.66. The van der Waals surface area contributed by atoms with Crippen molar-refractivity contribution in [1.82, 2.24) is 4.90 Å². The summed E-state index contributed by atoms with van der Waals surface area (Å²) in [6.45, 7) is 5.88. The van der Waals surface area contributed by atoms with E-state index in [4.69, 9.17) is 5.73 Å². The van der Waals surface area contributed by atoms with E-state index < -0.39 is 0 Å². The van der Waals surface area contributed by atoms with E-state index in [1.165, 1.54) is 12.1 Å². The summed E-state index contributed by atoms with van der Waals surface area (Å²) in [6.07, 6.45) is 0.297. The summed E-state index contributed by atoms with van der Waals surface area (Å²) in [4.78, 5) is 13.9. The van der Waals surface area contributed by atoms with E-state index in [1.807, 2.05) is 20.8 Å². The second-order valence-corrected chi connectivity index (χ2v) is 6.77. The SMILES string of the molecule is CC(C)(C)N1C(=O)CC(N)C1c1cc(F)ccc1Br. The molecular formula is C14H18BrFN2O. The standard InChI is InChI=1S/C14H18BrFN2O/c1-14(2,3)18-12(19)7-11(17)13(18)9-6-8(16)4-5-10(9)15/h4-6,11,13H,7,17H2,1-3H3. The Morgan fingerprint density at radius 3 is 2.63 bits per heavy atom. The van der Waals surface area contributed by atoms with E-state index in [0.717, 1.165) is 10.0 Å². The Bertz CT molecular complexity index is 513. The summed E-state index contributed by atoms with van der Waals surface area (Å²) in [5.41, 5.74) is 6.49. The van der Waals surface area contributed by atoms with Crippen molar-refractivity contribution in [2.24, 2.45) is 5.73 Å². The Kier molecular flexibility index (Phi) is 3.71. The lowest BCUT2D eigenvalue weighted by Gasteiger charge is -2.38. The zero-order chi connectivity index (χ0) is 14.4. The van der Waals surface area contributed by atoms with Gasteiger partial charge in [-0.15, -0.1) is 0 Å². The van der Waals surface area contributed by atoms with Gasteiger partial charge in [-0.05, 0) is 44.5 Å². The molecule has 0 spiro atoms. The lowest BCUT2D eigenvalue weighted by molar-refractivity contribution is -0.133. The molecule has 1 fully saturated rings. The van der Waals surface area contributed by atoms with Crippen LogP contribution in [0.2, 0.25) is 0 Å². The first-order valence-electron chi connectivity index (χ1n) is 6.24. The van der Waals surface area contributed by atoms with Crippen molar-refractivity contribution < 1.29 is 9.18 Å². The summed E-state index contributed by atoms with van der Waals surface area (Å²) >= 11 is 3.42. The Labute approximate surface area is 121 Å². The van der Waals surface area contributed by atoms with E-state index in [1.54, 1.807) is 11.0 Å². The minimum atomic E-state index is -0.346. The van der Waals surface area contributed by atoms with Crippen molar-refractivity contribution in [3.8, 4) is 0 Å². The summed E-state index contributed by atoms with van der Waals surface area (Å²) in [5.74, 6) is -0.306. The molecule has 0 radical (unpaired) electrons. The van der Waals surface area contributed by atoms with Crippen LogP contribution in [0.15, 0.2) is 22.7 Å². The Balaban J connectivity index is 2.51. The van der Waals surface area contributed by atoms with Crippen molar-refractivity contribution in [3.05, 3.63) is 34.1 Å². The highest BCUT2D eigenvalue weighted by Gasteiger charge is 2.44. The fraction of sp³-hybridized carbons (Fsp3) is 0.500. The quantitative estimate of drug-likeness (QED) is 0.861. The lowest BCUT2D eigenvalue weighted by Crippen LogP contribution is -2.45. The molecule has 3 nitrogen and oxygen atoms in total. The smallest absolute Gasteiger partial charge is 0.225 e. The van der Waals surface area contributed by atoms with Crippen LogP contribution in [-0.4, -0.2) is 22.4 Å². The van der Waals surface area contributed by atoms with E-state index in [0.29, 0.717) is 6.42 Å².